The van der Waals surface area contributed by atoms with Crippen LogP contribution in [0.5, 0.6) is 0 Å². The van der Waals surface area contributed by atoms with Crippen molar-refractivity contribution in [2.24, 2.45) is 7.05 Å². The predicted molar refractivity (Wildman–Crippen MR) is 77.4 cm³/mol. The second kappa shape index (κ2) is 4.63. The van der Waals surface area contributed by atoms with Gasteiger partial charge in [0, 0.05) is 30.2 Å². The third kappa shape index (κ3) is 2.31. The first kappa shape index (κ1) is 13.2. The third-order valence-corrected chi connectivity index (χ3v) is 5.48. The van der Waals surface area contributed by atoms with Crippen molar-refractivity contribution in [3.8, 4) is 0 Å². The number of benzene rings is 1. The van der Waals surface area contributed by atoms with E-state index in [1.54, 1.807) is 6.20 Å². The van der Waals surface area contributed by atoms with Crippen LogP contribution in [0.1, 0.15) is 16.8 Å². The average molecular weight is 292 g/mol. The Labute approximate surface area is 117 Å². The third-order valence-electron chi connectivity index (χ3n) is 3.71. The van der Waals surface area contributed by atoms with Gasteiger partial charge < -0.3 is 9.88 Å². The summed E-state index contributed by atoms with van der Waals surface area (Å²) in [6, 6.07) is 7.39. The van der Waals surface area contributed by atoms with Crippen LogP contribution in [-0.2, 0) is 16.9 Å². The summed E-state index contributed by atoms with van der Waals surface area (Å²) in [5.74, 6) is 0.000625. The second-order valence-electron chi connectivity index (χ2n) is 5.24. The minimum Gasteiger partial charge on any atom is -0.350 e. The van der Waals surface area contributed by atoms with Gasteiger partial charge in [0.05, 0.1) is 17.1 Å². The van der Waals surface area contributed by atoms with Crippen LogP contribution in [0.25, 0.3) is 10.9 Å². The van der Waals surface area contributed by atoms with Gasteiger partial charge in [-0.15, -0.1) is 0 Å². The van der Waals surface area contributed by atoms with E-state index in [1.807, 2.05) is 35.9 Å². The van der Waals surface area contributed by atoms with Crippen LogP contribution in [-0.4, -0.2) is 36.4 Å². The van der Waals surface area contributed by atoms with Crippen LogP contribution < -0.4 is 5.32 Å². The average Bonchev–Trinajstić information content (AvgIpc) is 2.91. The van der Waals surface area contributed by atoms with Crippen LogP contribution in [0.3, 0.4) is 0 Å². The molecular weight excluding hydrogens is 276 g/mol. The number of amides is 1. The number of hydrogen-bond donors (Lipinski definition) is 1. The first-order valence-electron chi connectivity index (χ1n) is 6.52. The zero-order valence-electron chi connectivity index (χ0n) is 11.2. The lowest BCUT2D eigenvalue weighted by Gasteiger charge is -2.09. The molecule has 1 amide bonds. The van der Waals surface area contributed by atoms with Crippen molar-refractivity contribution < 1.29 is 13.2 Å². The fourth-order valence-electron chi connectivity index (χ4n) is 2.69. The molecule has 1 aromatic heterocycles. The molecule has 0 bridgehead atoms. The fraction of sp³-hybridized carbons (Fsp3) is 0.357. The quantitative estimate of drug-likeness (QED) is 0.901. The monoisotopic (exact) mass is 292 g/mol. The molecule has 0 spiro atoms. The molecule has 6 heteroatoms. The van der Waals surface area contributed by atoms with Crippen LogP contribution in [0.4, 0.5) is 0 Å². The molecule has 1 aromatic carbocycles. The van der Waals surface area contributed by atoms with Gasteiger partial charge in [-0.3, -0.25) is 4.79 Å². The highest BCUT2D eigenvalue weighted by atomic mass is 32.2. The van der Waals surface area contributed by atoms with Crippen LogP contribution in [0.2, 0.25) is 0 Å². The van der Waals surface area contributed by atoms with Crippen LogP contribution >= 0.6 is 0 Å². The second-order valence-corrected chi connectivity index (χ2v) is 7.47. The Morgan fingerprint density at radius 1 is 1.35 bits per heavy atom. The summed E-state index contributed by atoms with van der Waals surface area (Å²) in [5, 5.41) is 3.71. The zero-order chi connectivity index (χ0) is 14.3. The summed E-state index contributed by atoms with van der Waals surface area (Å²) in [6.07, 6.45) is 2.28. The molecule has 1 unspecified atom stereocenters. The Morgan fingerprint density at radius 2 is 2.10 bits per heavy atom. The molecule has 1 aliphatic heterocycles. The van der Waals surface area contributed by atoms with E-state index in [0.717, 1.165) is 10.9 Å². The Kier molecular flexibility index (Phi) is 3.05. The van der Waals surface area contributed by atoms with E-state index >= 15 is 0 Å². The maximum Gasteiger partial charge on any atom is 0.253 e. The number of carbonyl (C=O) groups excluding carboxylic acids is 1. The maximum atomic E-state index is 12.3. The van der Waals surface area contributed by atoms with E-state index in [-0.39, 0.29) is 23.5 Å². The molecule has 0 aliphatic carbocycles. The molecule has 5 nitrogen and oxygen atoms in total. The molecule has 1 aliphatic rings. The highest BCUT2D eigenvalue weighted by Gasteiger charge is 2.29. The Hall–Kier alpha value is -1.82. The molecule has 1 atom stereocenters. The maximum absolute atomic E-state index is 12.3. The molecule has 2 aromatic rings. The Morgan fingerprint density at radius 3 is 2.80 bits per heavy atom. The van der Waals surface area contributed by atoms with Gasteiger partial charge in [-0.05, 0) is 12.5 Å². The van der Waals surface area contributed by atoms with Gasteiger partial charge in [-0.25, -0.2) is 8.42 Å². The molecule has 0 radical (unpaired) electrons. The number of rotatable bonds is 2. The molecule has 0 saturated carbocycles. The van der Waals surface area contributed by atoms with Crippen molar-refractivity contribution in [2.45, 2.75) is 12.5 Å². The minimum absolute atomic E-state index is 0.0451. The van der Waals surface area contributed by atoms with Crippen LogP contribution in [0.15, 0.2) is 30.5 Å². The van der Waals surface area contributed by atoms with Gasteiger partial charge in [-0.1, -0.05) is 18.2 Å². The SMILES string of the molecule is Cn1cc(C(=O)NC2CCS(=O)(=O)C2)c2ccccc21. The number of hydrogen-bond acceptors (Lipinski definition) is 3. The van der Waals surface area contributed by atoms with E-state index in [1.165, 1.54) is 0 Å². The minimum atomic E-state index is -2.98. The number of para-hydroxylation sites is 1. The Balaban J connectivity index is 1.87. The highest BCUT2D eigenvalue weighted by Crippen LogP contribution is 2.21. The lowest BCUT2D eigenvalue weighted by molar-refractivity contribution is 0.0942. The molecule has 1 N–H and O–H groups in total. The normalized spacial score (nSPS) is 21.1. The smallest absolute Gasteiger partial charge is 0.253 e. The number of aromatic nitrogens is 1. The standard InChI is InChI=1S/C14H16N2O3S/c1-16-8-12(11-4-2-3-5-13(11)16)14(17)15-10-6-7-20(18,19)9-10/h2-5,8,10H,6-7,9H2,1H3,(H,15,17). The largest absolute Gasteiger partial charge is 0.350 e. The summed E-state index contributed by atoms with van der Waals surface area (Å²) in [7, 11) is -1.09. The lowest BCUT2D eigenvalue weighted by Crippen LogP contribution is -2.35. The highest BCUT2D eigenvalue weighted by molar-refractivity contribution is 7.91. The van der Waals surface area contributed by atoms with Gasteiger partial charge in [0.1, 0.15) is 0 Å². The van der Waals surface area contributed by atoms with Gasteiger partial charge in [0.25, 0.3) is 5.91 Å². The van der Waals surface area contributed by atoms with Crippen molar-refractivity contribution in [3.63, 3.8) is 0 Å². The van der Waals surface area contributed by atoms with Gasteiger partial charge >= 0.3 is 0 Å². The summed E-state index contributed by atoms with van der Waals surface area (Å²) >= 11 is 0. The molecule has 2 heterocycles. The molecular formula is C14H16N2O3S. The summed E-state index contributed by atoms with van der Waals surface area (Å²) in [5.41, 5.74) is 1.57. The van der Waals surface area contributed by atoms with Crippen molar-refractivity contribution in [1.29, 1.82) is 0 Å². The summed E-state index contributed by atoms with van der Waals surface area (Å²) in [6.45, 7) is 0. The van der Waals surface area contributed by atoms with Crippen LogP contribution in [0, 0.1) is 0 Å². The van der Waals surface area contributed by atoms with E-state index in [0.29, 0.717) is 12.0 Å². The topological polar surface area (TPSA) is 68.2 Å². The van der Waals surface area contributed by atoms with Crippen molar-refractivity contribution in [2.75, 3.05) is 11.5 Å². The number of aryl methyl sites for hydroxylation is 1. The number of sulfone groups is 1. The number of fused-ring (bicyclic) bond motifs is 1. The van der Waals surface area contributed by atoms with Crippen molar-refractivity contribution >= 4 is 26.6 Å². The molecule has 1 saturated heterocycles. The van der Waals surface area contributed by atoms with Gasteiger partial charge in [0.15, 0.2) is 9.84 Å². The molecule has 1 fully saturated rings. The van der Waals surface area contributed by atoms with E-state index in [2.05, 4.69) is 5.32 Å². The number of nitrogens with one attached hydrogen (secondary N) is 1. The van der Waals surface area contributed by atoms with E-state index < -0.39 is 9.84 Å². The molecule has 20 heavy (non-hydrogen) atoms. The van der Waals surface area contributed by atoms with E-state index in [9.17, 15) is 13.2 Å². The fourth-order valence-corrected chi connectivity index (χ4v) is 4.37. The van der Waals surface area contributed by atoms with Crippen molar-refractivity contribution in [3.05, 3.63) is 36.0 Å². The zero-order valence-corrected chi connectivity index (χ0v) is 12.0. The lowest BCUT2D eigenvalue weighted by atomic mass is 10.1. The first-order chi connectivity index (χ1) is 9.46. The number of carbonyl (C=O) groups is 1. The van der Waals surface area contributed by atoms with Gasteiger partial charge in [-0.2, -0.15) is 0 Å². The van der Waals surface area contributed by atoms with Gasteiger partial charge in [0.2, 0.25) is 0 Å². The first-order valence-corrected chi connectivity index (χ1v) is 8.34. The molecule has 106 valence electrons. The summed E-state index contributed by atoms with van der Waals surface area (Å²) in [4.78, 5) is 12.3. The number of nitrogens with zero attached hydrogens (tertiary/aromatic N) is 1. The molecule has 3 rings (SSSR count). The van der Waals surface area contributed by atoms with E-state index in [4.69, 9.17) is 0 Å². The Bertz CT molecular complexity index is 777. The predicted octanol–water partition coefficient (Wildman–Crippen LogP) is 1.10. The summed E-state index contributed by atoms with van der Waals surface area (Å²) < 4.78 is 24.7. The van der Waals surface area contributed by atoms with Crippen molar-refractivity contribution in [1.82, 2.24) is 9.88 Å².